The van der Waals surface area contributed by atoms with E-state index in [9.17, 15) is 4.79 Å². The molecule has 0 radical (unpaired) electrons. The van der Waals surface area contributed by atoms with Gasteiger partial charge in [0.25, 0.3) is 0 Å². The van der Waals surface area contributed by atoms with Crippen LogP contribution in [0.15, 0.2) is 12.7 Å². The number of hydrogen-bond acceptors (Lipinski definition) is 2. The standard InChI is InChI=1S/C8H13NO2/c1-3-8(7(10)11)5-4-6-9(8)2/h3H,1,4-6H2,2H3,(H,10,11)/t8-/m1/s1. The van der Waals surface area contributed by atoms with Crippen LogP contribution in [0.25, 0.3) is 0 Å². The smallest absolute Gasteiger partial charge is 0.328 e. The third-order valence-corrected chi connectivity index (χ3v) is 2.44. The fourth-order valence-electron chi connectivity index (χ4n) is 1.59. The van der Waals surface area contributed by atoms with Gasteiger partial charge in [-0.15, -0.1) is 6.58 Å². The van der Waals surface area contributed by atoms with E-state index in [1.54, 1.807) is 0 Å². The summed E-state index contributed by atoms with van der Waals surface area (Å²) in [6, 6.07) is 0. The first-order valence-electron chi connectivity index (χ1n) is 3.72. The molecule has 1 atom stereocenters. The number of likely N-dealkylation sites (tertiary alicyclic amines) is 1. The van der Waals surface area contributed by atoms with Crippen LogP contribution in [-0.2, 0) is 4.79 Å². The molecule has 0 unspecified atom stereocenters. The Morgan fingerprint density at radius 3 is 2.64 bits per heavy atom. The first kappa shape index (κ1) is 8.27. The minimum Gasteiger partial charge on any atom is -0.480 e. The Labute approximate surface area is 66.3 Å². The monoisotopic (exact) mass is 155 g/mol. The lowest BCUT2D eigenvalue weighted by atomic mass is 9.97. The fourth-order valence-corrected chi connectivity index (χ4v) is 1.59. The maximum absolute atomic E-state index is 10.9. The molecule has 3 heteroatoms. The summed E-state index contributed by atoms with van der Waals surface area (Å²) >= 11 is 0. The zero-order valence-corrected chi connectivity index (χ0v) is 6.71. The summed E-state index contributed by atoms with van der Waals surface area (Å²) < 4.78 is 0. The molecule has 1 rings (SSSR count). The zero-order valence-electron chi connectivity index (χ0n) is 6.71. The quantitative estimate of drug-likeness (QED) is 0.597. The van der Waals surface area contributed by atoms with Crippen molar-refractivity contribution in [3.05, 3.63) is 12.7 Å². The molecule has 62 valence electrons. The molecule has 3 nitrogen and oxygen atoms in total. The molecule has 1 aliphatic rings. The van der Waals surface area contributed by atoms with E-state index < -0.39 is 11.5 Å². The van der Waals surface area contributed by atoms with Crippen LogP contribution in [-0.4, -0.2) is 35.1 Å². The Bertz CT molecular complexity index is 191. The summed E-state index contributed by atoms with van der Waals surface area (Å²) in [4.78, 5) is 12.7. The van der Waals surface area contributed by atoms with Crippen LogP contribution in [0, 0.1) is 0 Å². The fraction of sp³-hybridized carbons (Fsp3) is 0.625. The summed E-state index contributed by atoms with van der Waals surface area (Å²) in [7, 11) is 1.82. The summed E-state index contributed by atoms with van der Waals surface area (Å²) in [6.07, 6.45) is 3.15. The van der Waals surface area contributed by atoms with Crippen LogP contribution >= 0.6 is 0 Å². The Morgan fingerprint density at radius 2 is 2.45 bits per heavy atom. The first-order valence-corrected chi connectivity index (χ1v) is 3.72. The van der Waals surface area contributed by atoms with E-state index in [-0.39, 0.29) is 0 Å². The molecule has 1 saturated heterocycles. The number of carbonyl (C=O) groups is 1. The van der Waals surface area contributed by atoms with Crippen molar-refractivity contribution in [2.75, 3.05) is 13.6 Å². The molecular weight excluding hydrogens is 142 g/mol. The number of nitrogens with zero attached hydrogens (tertiary/aromatic N) is 1. The number of carboxylic acid groups (broad SMARTS) is 1. The predicted octanol–water partition coefficient (Wildman–Crippen LogP) is 0.721. The molecule has 0 aromatic carbocycles. The average Bonchev–Trinajstić information content (AvgIpc) is 2.32. The lowest BCUT2D eigenvalue weighted by Gasteiger charge is -2.27. The van der Waals surface area contributed by atoms with E-state index in [0.29, 0.717) is 6.42 Å². The summed E-state index contributed by atoms with van der Waals surface area (Å²) in [5.74, 6) is -0.785. The van der Waals surface area contributed by atoms with Gasteiger partial charge in [-0.25, -0.2) is 4.79 Å². The molecule has 0 spiro atoms. The van der Waals surface area contributed by atoms with Crippen molar-refractivity contribution in [3.63, 3.8) is 0 Å². The van der Waals surface area contributed by atoms with Gasteiger partial charge in [0, 0.05) is 0 Å². The van der Waals surface area contributed by atoms with Gasteiger partial charge in [-0.3, -0.25) is 4.90 Å². The molecule has 1 heterocycles. The highest BCUT2D eigenvalue weighted by Crippen LogP contribution is 2.28. The predicted molar refractivity (Wildman–Crippen MR) is 42.4 cm³/mol. The molecule has 0 aromatic heterocycles. The molecule has 0 aromatic rings. The van der Waals surface area contributed by atoms with Gasteiger partial charge in [-0.2, -0.15) is 0 Å². The second-order valence-electron chi connectivity index (χ2n) is 2.96. The molecule has 0 saturated carbocycles. The van der Waals surface area contributed by atoms with E-state index in [2.05, 4.69) is 6.58 Å². The van der Waals surface area contributed by atoms with Crippen LogP contribution in [0.4, 0.5) is 0 Å². The van der Waals surface area contributed by atoms with Crippen molar-refractivity contribution in [2.45, 2.75) is 18.4 Å². The maximum Gasteiger partial charge on any atom is 0.328 e. The Hall–Kier alpha value is -0.830. The van der Waals surface area contributed by atoms with Gasteiger partial charge in [-0.1, -0.05) is 6.08 Å². The van der Waals surface area contributed by atoms with Gasteiger partial charge in [-0.05, 0) is 26.4 Å². The third kappa shape index (κ3) is 1.05. The Balaban J connectivity index is 2.90. The largest absolute Gasteiger partial charge is 0.480 e. The summed E-state index contributed by atoms with van der Waals surface area (Å²) in [5, 5.41) is 8.92. The molecule has 11 heavy (non-hydrogen) atoms. The second-order valence-corrected chi connectivity index (χ2v) is 2.96. The van der Waals surface area contributed by atoms with Gasteiger partial charge in [0.05, 0.1) is 0 Å². The Morgan fingerprint density at radius 1 is 1.82 bits per heavy atom. The number of aliphatic carboxylic acids is 1. The third-order valence-electron chi connectivity index (χ3n) is 2.44. The topological polar surface area (TPSA) is 40.5 Å². The van der Waals surface area contributed by atoms with Gasteiger partial charge in [0.1, 0.15) is 5.54 Å². The van der Waals surface area contributed by atoms with Gasteiger partial charge < -0.3 is 5.11 Å². The molecule has 1 N–H and O–H groups in total. The van der Waals surface area contributed by atoms with Crippen molar-refractivity contribution in [3.8, 4) is 0 Å². The number of hydrogen-bond donors (Lipinski definition) is 1. The van der Waals surface area contributed by atoms with Crippen LogP contribution < -0.4 is 0 Å². The van der Waals surface area contributed by atoms with Crippen molar-refractivity contribution < 1.29 is 9.90 Å². The van der Waals surface area contributed by atoms with E-state index >= 15 is 0 Å². The first-order chi connectivity index (χ1) is 5.13. The van der Waals surface area contributed by atoms with E-state index in [4.69, 9.17) is 5.11 Å². The van der Waals surface area contributed by atoms with E-state index in [1.165, 1.54) is 6.08 Å². The van der Waals surface area contributed by atoms with E-state index in [1.807, 2.05) is 11.9 Å². The number of rotatable bonds is 2. The van der Waals surface area contributed by atoms with Crippen molar-refractivity contribution >= 4 is 5.97 Å². The van der Waals surface area contributed by atoms with Gasteiger partial charge in [0.15, 0.2) is 0 Å². The molecule has 0 amide bonds. The molecule has 1 aliphatic heterocycles. The van der Waals surface area contributed by atoms with Gasteiger partial charge in [0.2, 0.25) is 0 Å². The minimum absolute atomic E-state index is 0.683. The van der Waals surface area contributed by atoms with Gasteiger partial charge >= 0.3 is 5.97 Å². The molecule has 1 fully saturated rings. The molecule has 0 bridgehead atoms. The van der Waals surface area contributed by atoms with Crippen molar-refractivity contribution in [1.29, 1.82) is 0 Å². The Kier molecular flexibility index (Phi) is 2.00. The average molecular weight is 155 g/mol. The SMILES string of the molecule is C=C[C@]1(C(=O)O)CCCN1C. The highest BCUT2D eigenvalue weighted by molar-refractivity contribution is 5.81. The van der Waals surface area contributed by atoms with E-state index in [0.717, 1.165) is 13.0 Å². The van der Waals surface area contributed by atoms with Crippen LogP contribution in [0.3, 0.4) is 0 Å². The number of carboxylic acids is 1. The lowest BCUT2D eigenvalue weighted by molar-refractivity contribution is -0.145. The zero-order chi connectivity index (χ0) is 8.48. The van der Waals surface area contributed by atoms with Crippen molar-refractivity contribution in [2.24, 2.45) is 0 Å². The van der Waals surface area contributed by atoms with Crippen LogP contribution in [0.5, 0.6) is 0 Å². The number of likely N-dealkylation sites (N-methyl/N-ethyl adjacent to an activating group) is 1. The molecule has 0 aliphatic carbocycles. The lowest BCUT2D eigenvalue weighted by Crippen LogP contribution is -2.46. The highest BCUT2D eigenvalue weighted by atomic mass is 16.4. The second kappa shape index (κ2) is 2.66. The van der Waals surface area contributed by atoms with Crippen LogP contribution in [0.2, 0.25) is 0 Å². The summed E-state index contributed by atoms with van der Waals surface area (Å²) in [6.45, 7) is 4.41. The van der Waals surface area contributed by atoms with Crippen molar-refractivity contribution in [1.82, 2.24) is 4.90 Å². The minimum atomic E-state index is -0.792. The molecular formula is C8H13NO2. The maximum atomic E-state index is 10.9. The van der Waals surface area contributed by atoms with Crippen LogP contribution in [0.1, 0.15) is 12.8 Å². The summed E-state index contributed by atoms with van der Waals surface area (Å²) in [5.41, 5.74) is -0.792. The highest BCUT2D eigenvalue weighted by Gasteiger charge is 2.42. The normalized spacial score (nSPS) is 32.1.